The van der Waals surface area contributed by atoms with E-state index in [2.05, 4.69) is 13.5 Å². The van der Waals surface area contributed by atoms with Crippen LogP contribution in [0, 0.1) is 44.1 Å². The van der Waals surface area contributed by atoms with E-state index >= 15 is 0 Å². The quantitative estimate of drug-likeness (QED) is 0.333. The van der Waals surface area contributed by atoms with E-state index < -0.39 is 45.4 Å². The lowest BCUT2D eigenvalue weighted by Crippen LogP contribution is -2.63. The number of rotatable bonds is 3. The Balaban J connectivity index is 1.53. The largest absolute Gasteiger partial charge is 0.445 e. The van der Waals surface area contributed by atoms with Crippen molar-refractivity contribution < 1.29 is 29.2 Å². The van der Waals surface area contributed by atoms with Gasteiger partial charge in [-0.25, -0.2) is 9.69 Å². The molecule has 38 heavy (non-hydrogen) atoms. The van der Waals surface area contributed by atoms with E-state index in [0.29, 0.717) is 18.4 Å². The van der Waals surface area contributed by atoms with Gasteiger partial charge in [0.2, 0.25) is 0 Å². The fourth-order valence-electron chi connectivity index (χ4n) is 8.24. The highest BCUT2D eigenvalue weighted by Crippen LogP contribution is 2.68. The predicted molar refractivity (Wildman–Crippen MR) is 138 cm³/mol. The first-order chi connectivity index (χ1) is 17.8. The molecule has 1 heterocycles. The van der Waals surface area contributed by atoms with Gasteiger partial charge < -0.3 is 9.84 Å². The molecule has 9 heteroatoms. The van der Waals surface area contributed by atoms with E-state index in [4.69, 9.17) is 4.74 Å². The number of imide groups is 1. The van der Waals surface area contributed by atoms with Crippen molar-refractivity contribution in [2.45, 2.75) is 78.6 Å². The summed E-state index contributed by atoms with van der Waals surface area (Å²) in [6, 6.07) is 3.98. The molecule has 3 fully saturated rings. The Labute approximate surface area is 222 Å². The number of aliphatic hydroxyl groups excluding tert-OH is 1. The minimum atomic E-state index is -0.844. The summed E-state index contributed by atoms with van der Waals surface area (Å²) < 4.78 is 6.20. The number of amides is 2. The molecule has 0 unspecified atom stereocenters. The van der Waals surface area contributed by atoms with Crippen LogP contribution in [-0.2, 0) is 16.1 Å². The van der Waals surface area contributed by atoms with Crippen molar-refractivity contribution in [1.29, 1.82) is 0 Å². The Morgan fingerprint density at radius 2 is 1.97 bits per heavy atom. The van der Waals surface area contributed by atoms with Gasteiger partial charge in [-0.05, 0) is 54.6 Å². The molecule has 3 saturated carbocycles. The maximum absolute atomic E-state index is 13.6. The molecule has 0 saturated heterocycles. The standard InChI is InChI=1S/C29H36N2O7/c1-6-27(4)14-22(38-26(35)30-15-18-7-8-19(31(36)37)13-20(18)25(30)34)28(5)16(2)9-11-29(17(3)24(27)33)12-10-21(32)23(28)29/h6-8,13,16-17,22-24,33H,1,9-12,14-15H2,2-5H3/t16-,17+,22-,23+,24+,27-,28+,29+/m1/s1. The highest BCUT2D eigenvalue weighted by atomic mass is 16.6. The average molecular weight is 525 g/mol. The Morgan fingerprint density at radius 3 is 2.63 bits per heavy atom. The fraction of sp³-hybridized carbons (Fsp3) is 0.621. The molecule has 4 aliphatic rings. The van der Waals surface area contributed by atoms with Crippen molar-refractivity contribution in [2.75, 3.05) is 0 Å². The second-order valence-electron chi connectivity index (χ2n) is 12.4. The lowest BCUT2D eigenvalue weighted by molar-refractivity contribution is -0.384. The summed E-state index contributed by atoms with van der Waals surface area (Å²) in [6.07, 6.45) is 2.40. The predicted octanol–water partition coefficient (Wildman–Crippen LogP) is 5.05. The summed E-state index contributed by atoms with van der Waals surface area (Å²) in [7, 11) is 0. The van der Waals surface area contributed by atoms with Crippen LogP contribution >= 0.6 is 0 Å². The zero-order valence-corrected chi connectivity index (χ0v) is 22.4. The summed E-state index contributed by atoms with van der Waals surface area (Å²) in [5.41, 5.74) is -1.49. The van der Waals surface area contributed by atoms with Crippen LogP contribution in [0.1, 0.15) is 75.7 Å². The molecule has 9 nitrogen and oxygen atoms in total. The van der Waals surface area contributed by atoms with Crippen molar-refractivity contribution in [1.82, 2.24) is 4.90 Å². The number of nitrogens with zero attached hydrogens (tertiary/aromatic N) is 2. The van der Waals surface area contributed by atoms with Gasteiger partial charge in [-0.15, -0.1) is 6.58 Å². The molecule has 1 N–H and O–H groups in total. The minimum absolute atomic E-state index is 0.0470. The molecule has 1 aromatic carbocycles. The van der Waals surface area contributed by atoms with E-state index in [1.165, 1.54) is 18.2 Å². The number of non-ortho nitro benzene ring substituents is 1. The monoisotopic (exact) mass is 524 g/mol. The highest BCUT2D eigenvalue weighted by molar-refractivity contribution is 6.06. The Morgan fingerprint density at radius 1 is 1.26 bits per heavy atom. The third kappa shape index (κ3) is 3.50. The van der Waals surface area contributed by atoms with Crippen molar-refractivity contribution in [3.05, 3.63) is 52.1 Å². The van der Waals surface area contributed by atoms with Gasteiger partial charge in [-0.1, -0.05) is 33.8 Å². The van der Waals surface area contributed by atoms with E-state index in [0.717, 1.165) is 17.7 Å². The molecular formula is C29H36N2O7. The van der Waals surface area contributed by atoms with Gasteiger partial charge in [0, 0.05) is 35.3 Å². The molecule has 5 rings (SSSR count). The first-order valence-electron chi connectivity index (χ1n) is 13.4. The maximum Gasteiger partial charge on any atom is 0.417 e. The molecule has 8 atom stereocenters. The number of nitro groups is 1. The zero-order valence-electron chi connectivity index (χ0n) is 22.4. The number of carbonyl (C=O) groups excluding carboxylic acids is 3. The van der Waals surface area contributed by atoms with Gasteiger partial charge in [0.1, 0.15) is 11.9 Å². The van der Waals surface area contributed by atoms with Crippen LogP contribution < -0.4 is 0 Å². The summed E-state index contributed by atoms with van der Waals surface area (Å²) in [5.74, 6) is -0.946. The van der Waals surface area contributed by atoms with Crippen LogP contribution in [0.25, 0.3) is 0 Å². The molecule has 1 aromatic rings. The molecular weight excluding hydrogens is 488 g/mol. The number of hydrogen-bond donors (Lipinski definition) is 1. The normalized spacial score (nSPS) is 40.1. The average Bonchev–Trinajstić information content (AvgIpc) is 3.42. The Hall–Kier alpha value is -3.07. The maximum atomic E-state index is 13.6. The second kappa shape index (κ2) is 8.73. The van der Waals surface area contributed by atoms with Crippen molar-refractivity contribution in [3.8, 4) is 0 Å². The Bertz CT molecular complexity index is 1250. The highest BCUT2D eigenvalue weighted by Gasteiger charge is 2.68. The van der Waals surface area contributed by atoms with Crippen LogP contribution in [0.5, 0.6) is 0 Å². The molecule has 2 amide bonds. The molecule has 3 aliphatic carbocycles. The smallest absolute Gasteiger partial charge is 0.417 e. The number of nitro benzene ring substituents is 1. The number of hydrogen-bond acceptors (Lipinski definition) is 7. The summed E-state index contributed by atoms with van der Waals surface area (Å²) in [4.78, 5) is 51.9. The van der Waals surface area contributed by atoms with Gasteiger partial charge in [0.25, 0.3) is 11.6 Å². The number of fused-ring (bicyclic) bond motifs is 1. The lowest BCUT2D eigenvalue weighted by Gasteiger charge is -2.61. The number of aliphatic hydroxyl groups is 1. The van der Waals surface area contributed by atoms with Crippen LogP contribution in [0.2, 0.25) is 0 Å². The van der Waals surface area contributed by atoms with Crippen molar-refractivity contribution in [3.63, 3.8) is 0 Å². The van der Waals surface area contributed by atoms with Gasteiger partial charge in [-0.2, -0.15) is 0 Å². The third-order valence-electron chi connectivity index (χ3n) is 10.9. The minimum Gasteiger partial charge on any atom is -0.445 e. The van der Waals surface area contributed by atoms with E-state index in [1.54, 1.807) is 6.08 Å². The van der Waals surface area contributed by atoms with Gasteiger partial charge in [0.15, 0.2) is 0 Å². The first-order valence-corrected chi connectivity index (χ1v) is 13.4. The van der Waals surface area contributed by atoms with Gasteiger partial charge in [-0.3, -0.25) is 19.7 Å². The topological polar surface area (TPSA) is 127 Å². The number of benzene rings is 1. The number of ketones is 1. The van der Waals surface area contributed by atoms with Crippen LogP contribution in [0.15, 0.2) is 30.9 Å². The number of carbonyl (C=O) groups is 3. The first kappa shape index (κ1) is 26.5. The SMILES string of the molecule is C=C[C@]1(C)C[C@@H](OC(=O)N2Cc3ccc([N+](=O)[O-])cc3C2=O)[C@]2(C)[C@H](C)CC[C@]3(CCC(=O)[C@H]32)[C@@H](C)[C@@H]1O. The zero-order chi connectivity index (χ0) is 27.8. The fourth-order valence-corrected chi connectivity index (χ4v) is 8.24. The second-order valence-corrected chi connectivity index (χ2v) is 12.4. The Kier molecular flexibility index (Phi) is 6.09. The van der Waals surface area contributed by atoms with Crippen LogP contribution in [-0.4, -0.2) is 44.9 Å². The molecule has 0 aromatic heterocycles. The summed E-state index contributed by atoms with van der Waals surface area (Å²) >= 11 is 0. The molecule has 2 bridgehead atoms. The molecule has 204 valence electrons. The van der Waals surface area contributed by atoms with E-state index in [9.17, 15) is 29.6 Å². The van der Waals surface area contributed by atoms with Gasteiger partial charge >= 0.3 is 6.09 Å². The van der Waals surface area contributed by atoms with E-state index in [-0.39, 0.29) is 47.8 Å². The number of ether oxygens (including phenoxy) is 1. The lowest BCUT2D eigenvalue weighted by atomic mass is 9.44. The van der Waals surface area contributed by atoms with Gasteiger partial charge in [0.05, 0.1) is 23.1 Å². The number of Topliss-reactive ketones (excluding diaryl/α,β-unsaturated/α-hetero) is 1. The van der Waals surface area contributed by atoms with E-state index in [1.807, 2.05) is 20.8 Å². The summed E-state index contributed by atoms with van der Waals surface area (Å²) in [6.45, 7) is 12.1. The van der Waals surface area contributed by atoms with Crippen LogP contribution in [0.3, 0.4) is 0 Å². The third-order valence-corrected chi connectivity index (χ3v) is 10.9. The van der Waals surface area contributed by atoms with Crippen molar-refractivity contribution in [2.24, 2.45) is 34.0 Å². The van der Waals surface area contributed by atoms with Crippen molar-refractivity contribution >= 4 is 23.5 Å². The van der Waals surface area contributed by atoms with Crippen LogP contribution in [0.4, 0.5) is 10.5 Å². The summed E-state index contributed by atoms with van der Waals surface area (Å²) in [5, 5.41) is 22.8. The molecule has 1 aliphatic heterocycles. The molecule has 0 radical (unpaired) electrons. The molecule has 0 spiro atoms.